The number of hydrogen-bond donors (Lipinski definition) is 0. The minimum atomic E-state index is -3.77. The van der Waals surface area contributed by atoms with Gasteiger partial charge in [0.25, 0.3) is 19.1 Å². The maximum atomic E-state index is 13.2. The summed E-state index contributed by atoms with van der Waals surface area (Å²) in [6.07, 6.45) is 0.692. The van der Waals surface area contributed by atoms with Crippen molar-refractivity contribution in [3.8, 4) is 0 Å². The molecule has 0 bridgehead atoms. The average molecular weight is 630 g/mol. The molecule has 0 spiro atoms. The van der Waals surface area contributed by atoms with E-state index in [4.69, 9.17) is 10.7 Å². The van der Waals surface area contributed by atoms with Crippen LogP contribution in [-0.2, 0) is 25.5 Å². The lowest BCUT2D eigenvalue weighted by Crippen LogP contribution is -2.29. The molecule has 32 heavy (non-hydrogen) atoms. The van der Waals surface area contributed by atoms with Gasteiger partial charge < -0.3 is 0 Å². The molecule has 0 fully saturated rings. The van der Waals surface area contributed by atoms with Crippen LogP contribution < -0.4 is 4.31 Å². The van der Waals surface area contributed by atoms with Crippen molar-refractivity contribution in [3.05, 3.63) is 86.8 Å². The molecule has 5 nitrogen and oxygen atoms in total. The van der Waals surface area contributed by atoms with Crippen molar-refractivity contribution < 1.29 is 25.6 Å². The van der Waals surface area contributed by atoms with E-state index in [1.54, 1.807) is 6.07 Å². The standard InChI is InChI=1S/C14H11BrFNO2S.C6H3BrClFO2S/c15-12-9-11(5-6-13(12)16)20(18,19)17-8-7-10-3-1-2-4-14(10)17;7-5-3-4(12(8,10)11)1-2-6(5)9/h1-6,9H,7-8H2;1-3H. The van der Waals surface area contributed by atoms with Crippen LogP contribution in [0.25, 0.3) is 0 Å². The van der Waals surface area contributed by atoms with Crippen LogP contribution in [0.2, 0.25) is 0 Å². The second-order valence-corrected chi connectivity index (χ2v) is 12.7. The first-order chi connectivity index (χ1) is 14.9. The first-order valence-corrected chi connectivity index (χ1v) is 14.2. The lowest BCUT2D eigenvalue weighted by Gasteiger charge is -2.19. The maximum absolute atomic E-state index is 13.2. The third kappa shape index (κ3) is 5.51. The predicted octanol–water partition coefficient (Wildman–Crippen LogP) is 5.86. The van der Waals surface area contributed by atoms with Crippen molar-refractivity contribution in [2.75, 3.05) is 10.8 Å². The fourth-order valence-corrected chi connectivity index (χ4v) is 6.32. The number of sulfonamides is 1. The normalized spacial score (nSPS) is 13.3. The van der Waals surface area contributed by atoms with Crippen molar-refractivity contribution in [2.45, 2.75) is 16.2 Å². The Labute approximate surface area is 205 Å². The van der Waals surface area contributed by atoms with E-state index in [1.165, 1.54) is 16.4 Å². The summed E-state index contributed by atoms with van der Waals surface area (Å²) in [5.41, 5.74) is 1.71. The lowest BCUT2D eigenvalue weighted by atomic mass is 10.2. The van der Waals surface area contributed by atoms with Gasteiger partial charge in [-0.15, -0.1) is 0 Å². The summed E-state index contributed by atoms with van der Waals surface area (Å²) in [6.45, 7) is 0.413. The average Bonchev–Trinajstić information content (AvgIpc) is 3.17. The third-order valence-corrected chi connectivity index (χ3v) is 8.87. The summed E-state index contributed by atoms with van der Waals surface area (Å²) in [5, 5.41) is 0. The summed E-state index contributed by atoms with van der Waals surface area (Å²) in [7, 11) is -2.41. The van der Waals surface area contributed by atoms with E-state index in [0.29, 0.717) is 18.7 Å². The van der Waals surface area contributed by atoms with Gasteiger partial charge in [0.05, 0.1) is 24.4 Å². The number of para-hydroxylation sites is 1. The molecular formula is C20H14Br2ClF2NO4S2. The van der Waals surface area contributed by atoms with E-state index in [-0.39, 0.29) is 18.7 Å². The molecule has 4 rings (SSSR count). The van der Waals surface area contributed by atoms with Crippen LogP contribution in [0.3, 0.4) is 0 Å². The predicted molar refractivity (Wildman–Crippen MR) is 126 cm³/mol. The molecule has 1 heterocycles. The SMILES string of the molecule is O=S(=O)(Cl)c1ccc(F)c(Br)c1.O=S(=O)(c1ccc(F)c(Br)c1)N1CCc2ccccc21. The molecule has 170 valence electrons. The van der Waals surface area contributed by atoms with Gasteiger partial charge in [-0.3, -0.25) is 4.31 Å². The van der Waals surface area contributed by atoms with Crippen molar-refractivity contribution in [3.63, 3.8) is 0 Å². The summed E-state index contributed by atoms with van der Waals surface area (Å²) >= 11 is 5.86. The molecule has 0 aromatic heterocycles. The molecule has 3 aromatic carbocycles. The minimum Gasteiger partial charge on any atom is -0.266 e. The summed E-state index contributed by atoms with van der Waals surface area (Å²) in [4.78, 5) is -0.0417. The van der Waals surface area contributed by atoms with Gasteiger partial charge in [0.1, 0.15) is 11.6 Å². The molecule has 0 saturated heterocycles. The van der Waals surface area contributed by atoms with Crippen molar-refractivity contribution in [2.24, 2.45) is 0 Å². The number of rotatable bonds is 3. The minimum absolute atomic E-state index is 0.0734. The van der Waals surface area contributed by atoms with E-state index in [1.807, 2.05) is 18.2 Å². The Morgan fingerprint density at radius 3 is 1.91 bits per heavy atom. The zero-order valence-electron chi connectivity index (χ0n) is 16.0. The van der Waals surface area contributed by atoms with Crippen LogP contribution in [0.1, 0.15) is 5.56 Å². The van der Waals surface area contributed by atoms with Gasteiger partial charge in [-0.2, -0.15) is 0 Å². The Hall–Kier alpha value is -1.53. The highest BCUT2D eigenvalue weighted by atomic mass is 79.9. The molecule has 0 amide bonds. The van der Waals surface area contributed by atoms with E-state index in [9.17, 15) is 25.6 Å². The fourth-order valence-electron chi connectivity index (χ4n) is 2.95. The van der Waals surface area contributed by atoms with Gasteiger partial charge in [-0.25, -0.2) is 25.6 Å². The van der Waals surface area contributed by atoms with Crippen molar-refractivity contribution >= 4 is 67.3 Å². The molecule has 0 radical (unpaired) electrons. The van der Waals surface area contributed by atoms with Crippen LogP contribution >= 0.6 is 42.5 Å². The molecule has 0 aliphatic carbocycles. The zero-order chi connectivity index (χ0) is 23.7. The zero-order valence-corrected chi connectivity index (χ0v) is 21.5. The number of halogens is 5. The number of nitrogens with zero attached hydrogens (tertiary/aromatic N) is 1. The van der Waals surface area contributed by atoms with Crippen LogP contribution in [-0.4, -0.2) is 23.4 Å². The van der Waals surface area contributed by atoms with Gasteiger partial charge in [0.2, 0.25) is 0 Å². The van der Waals surface area contributed by atoms with Gasteiger partial charge in [0.15, 0.2) is 0 Å². The Morgan fingerprint density at radius 1 is 0.812 bits per heavy atom. The van der Waals surface area contributed by atoms with Gasteiger partial charge in [-0.1, -0.05) is 18.2 Å². The quantitative estimate of drug-likeness (QED) is 0.341. The second-order valence-electron chi connectivity index (χ2n) is 6.55. The van der Waals surface area contributed by atoms with Crippen LogP contribution in [0, 0.1) is 11.6 Å². The van der Waals surface area contributed by atoms with Crippen LogP contribution in [0.5, 0.6) is 0 Å². The monoisotopic (exact) mass is 627 g/mol. The molecule has 0 unspecified atom stereocenters. The highest BCUT2D eigenvalue weighted by Gasteiger charge is 2.30. The number of benzene rings is 3. The fraction of sp³-hybridized carbons (Fsp3) is 0.100. The smallest absolute Gasteiger partial charge is 0.264 e. The summed E-state index contributed by atoms with van der Waals surface area (Å²) < 4.78 is 74.2. The van der Waals surface area contributed by atoms with Crippen LogP contribution in [0.4, 0.5) is 14.5 Å². The van der Waals surface area contributed by atoms with Gasteiger partial charge >= 0.3 is 0 Å². The number of hydrogen-bond acceptors (Lipinski definition) is 4. The van der Waals surface area contributed by atoms with E-state index < -0.39 is 30.7 Å². The Kier molecular flexibility index (Phi) is 7.66. The van der Waals surface area contributed by atoms with Crippen molar-refractivity contribution in [1.29, 1.82) is 0 Å². The molecule has 1 aliphatic heterocycles. The maximum Gasteiger partial charge on any atom is 0.264 e. The highest BCUT2D eigenvalue weighted by Crippen LogP contribution is 2.33. The topological polar surface area (TPSA) is 71.5 Å². The summed E-state index contributed by atoms with van der Waals surface area (Å²) in [5.74, 6) is -1.01. The molecule has 3 aromatic rings. The summed E-state index contributed by atoms with van der Waals surface area (Å²) in [6, 6.07) is 14.4. The highest BCUT2D eigenvalue weighted by molar-refractivity contribution is 9.10. The Balaban J connectivity index is 0.000000207. The van der Waals surface area contributed by atoms with Gasteiger partial charge in [0, 0.05) is 17.2 Å². The first-order valence-electron chi connectivity index (χ1n) is 8.86. The molecular weight excluding hydrogens is 616 g/mol. The first kappa shape index (κ1) is 25.1. The second kappa shape index (κ2) is 9.76. The third-order valence-electron chi connectivity index (χ3n) is 4.50. The van der Waals surface area contributed by atoms with E-state index in [0.717, 1.165) is 29.8 Å². The largest absolute Gasteiger partial charge is 0.266 e. The number of fused-ring (bicyclic) bond motifs is 1. The molecule has 0 atom stereocenters. The molecule has 0 saturated carbocycles. The molecule has 1 aliphatic rings. The van der Waals surface area contributed by atoms with E-state index in [2.05, 4.69) is 31.9 Å². The number of anilines is 1. The molecule has 0 N–H and O–H groups in total. The lowest BCUT2D eigenvalue weighted by molar-refractivity contribution is 0.590. The van der Waals surface area contributed by atoms with Crippen molar-refractivity contribution in [1.82, 2.24) is 0 Å². The van der Waals surface area contributed by atoms with Crippen LogP contribution in [0.15, 0.2) is 79.4 Å². The Bertz CT molecular complexity index is 1390. The van der Waals surface area contributed by atoms with E-state index >= 15 is 0 Å². The molecule has 12 heteroatoms. The van der Waals surface area contributed by atoms with Gasteiger partial charge in [-0.05, 0) is 86.3 Å². The Morgan fingerprint density at radius 2 is 1.34 bits per heavy atom.